The highest BCUT2D eigenvalue weighted by Crippen LogP contribution is 2.22. The lowest BCUT2D eigenvalue weighted by atomic mass is 10.1. The van der Waals surface area contributed by atoms with E-state index >= 15 is 0 Å². The van der Waals surface area contributed by atoms with E-state index in [4.69, 9.17) is 23.2 Å². The summed E-state index contributed by atoms with van der Waals surface area (Å²) in [6.45, 7) is 3.76. The van der Waals surface area contributed by atoms with Crippen molar-refractivity contribution in [2.75, 3.05) is 13.1 Å². The number of hydrogen-bond acceptors (Lipinski definition) is 2. The fourth-order valence-corrected chi connectivity index (χ4v) is 3.28. The number of carbonyl (C=O) groups is 1. The number of rotatable bonds is 5. The molecule has 0 bridgehead atoms. The first-order chi connectivity index (χ1) is 11.6. The van der Waals surface area contributed by atoms with Crippen LogP contribution in [0.15, 0.2) is 42.5 Å². The van der Waals surface area contributed by atoms with Gasteiger partial charge in [0.05, 0.1) is 10.0 Å². The van der Waals surface area contributed by atoms with Crippen molar-refractivity contribution in [3.05, 3.63) is 69.2 Å². The Bertz CT molecular complexity index is 727. The summed E-state index contributed by atoms with van der Waals surface area (Å²) in [6.07, 6.45) is 2.55. The monoisotopic (exact) mass is 362 g/mol. The van der Waals surface area contributed by atoms with Crippen LogP contribution in [-0.4, -0.2) is 23.9 Å². The summed E-state index contributed by atoms with van der Waals surface area (Å²) >= 11 is 11.9. The van der Waals surface area contributed by atoms with Gasteiger partial charge in [-0.25, -0.2) is 0 Å². The molecule has 1 saturated heterocycles. The maximum Gasteiger partial charge on any atom is 0.251 e. The van der Waals surface area contributed by atoms with Gasteiger partial charge in [-0.1, -0.05) is 47.5 Å². The number of hydrogen-bond donors (Lipinski definition) is 1. The molecule has 0 saturated carbocycles. The van der Waals surface area contributed by atoms with Gasteiger partial charge in [0, 0.05) is 18.7 Å². The van der Waals surface area contributed by atoms with Crippen molar-refractivity contribution in [2.24, 2.45) is 0 Å². The van der Waals surface area contributed by atoms with Gasteiger partial charge in [-0.05, 0) is 55.3 Å². The Balaban J connectivity index is 1.65. The van der Waals surface area contributed by atoms with Crippen molar-refractivity contribution >= 4 is 29.1 Å². The summed E-state index contributed by atoms with van der Waals surface area (Å²) in [7, 11) is 0. The molecule has 0 aromatic heterocycles. The average molecular weight is 363 g/mol. The van der Waals surface area contributed by atoms with E-state index < -0.39 is 0 Å². The molecule has 1 aliphatic heterocycles. The molecule has 1 fully saturated rings. The summed E-state index contributed by atoms with van der Waals surface area (Å²) in [5.74, 6) is -0.149. The zero-order valence-electron chi connectivity index (χ0n) is 13.4. The molecule has 1 heterocycles. The molecule has 2 aromatic rings. The highest BCUT2D eigenvalue weighted by molar-refractivity contribution is 6.42. The molecule has 2 aromatic carbocycles. The molecule has 1 amide bonds. The summed E-state index contributed by atoms with van der Waals surface area (Å²) in [4.78, 5) is 14.8. The molecule has 0 radical (unpaired) electrons. The first-order valence-corrected chi connectivity index (χ1v) is 8.91. The van der Waals surface area contributed by atoms with Crippen molar-refractivity contribution in [1.82, 2.24) is 10.2 Å². The molecular formula is C19H20Cl2N2O. The molecule has 0 aliphatic carbocycles. The van der Waals surface area contributed by atoms with E-state index in [1.807, 2.05) is 6.07 Å². The number of carbonyl (C=O) groups excluding carboxylic acids is 1. The Labute approximate surface area is 152 Å². The van der Waals surface area contributed by atoms with Gasteiger partial charge in [0.2, 0.25) is 0 Å². The zero-order chi connectivity index (χ0) is 16.9. The molecule has 3 rings (SSSR count). The van der Waals surface area contributed by atoms with Gasteiger partial charge in [0.15, 0.2) is 0 Å². The van der Waals surface area contributed by atoms with Gasteiger partial charge in [0.1, 0.15) is 0 Å². The van der Waals surface area contributed by atoms with Crippen molar-refractivity contribution in [3.8, 4) is 0 Å². The Kier molecular flexibility index (Phi) is 5.77. The Morgan fingerprint density at radius 2 is 1.71 bits per heavy atom. The predicted octanol–water partition coefficient (Wildman–Crippen LogP) is 4.52. The number of likely N-dealkylation sites (tertiary alicyclic amines) is 1. The molecule has 3 nitrogen and oxygen atoms in total. The number of halogens is 2. The van der Waals surface area contributed by atoms with Crippen LogP contribution in [0.25, 0.3) is 0 Å². The number of amides is 1. The van der Waals surface area contributed by atoms with Crippen LogP contribution in [0.4, 0.5) is 0 Å². The van der Waals surface area contributed by atoms with Crippen LogP contribution in [0, 0.1) is 0 Å². The molecule has 5 heteroatoms. The molecule has 24 heavy (non-hydrogen) atoms. The normalized spacial score (nSPS) is 14.8. The Hall–Kier alpha value is -1.55. The summed E-state index contributed by atoms with van der Waals surface area (Å²) in [5, 5.41) is 3.80. The maximum absolute atomic E-state index is 12.3. The van der Waals surface area contributed by atoms with Crippen LogP contribution >= 0.6 is 23.2 Å². The topological polar surface area (TPSA) is 32.3 Å². The quantitative estimate of drug-likeness (QED) is 0.847. The fraction of sp³-hybridized carbons (Fsp3) is 0.316. The van der Waals surface area contributed by atoms with Gasteiger partial charge in [-0.15, -0.1) is 0 Å². The van der Waals surface area contributed by atoms with E-state index in [2.05, 4.69) is 28.4 Å². The van der Waals surface area contributed by atoms with E-state index in [9.17, 15) is 4.79 Å². The van der Waals surface area contributed by atoms with E-state index in [0.29, 0.717) is 22.2 Å². The molecule has 126 valence electrons. The van der Waals surface area contributed by atoms with Crippen molar-refractivity contribution < 1.29 is 4.79 Å². The van der Waals surface area contributed by atoms with Crippen LogP contribution in [0.3, 0.4) is 0 Å². The smallest absolute Gasteiger partial charge is 0.251 e. The maximum atomic E-state index is 12.3. The molecule has 1 aliphatic rings. The van der Waals surface area contributed by atoms with Crippen LogP contribution in [-0.2, 0) is 13.1 Å². The second-order valence-electron chi connectivity index (χ2n) is 6.06. The standard InChI is InChI=1S/C19H20Cl2N2O/c20-17-8-7-14(11-18(17)21)19(24)22-12-15-5-1-2-6-16(15)13-23-9-3-4-10-23/h1-2,5-8,11H,3-4,9-10,12-13H2,(H,22,24). The second kappa shape index (κ2) is 8.02. The lowest BCUT2D eigenvalue weighted by Gasteiger charge is -2.17. The molecule has 1 N–H and O–H groups in total. The number of nitrogens with one attached hydrogen (secondary N) is 1. The minimum Gasteiger partial charge on any atom is -0.348 e. The summed E-state index contributed by atoms with van der Waals surface area (Å²) in [6, 6.07) is 13.2. The van der Waals surface area contributed by atoms with Gasteiger partial charge in [-0.2, -0.15) is 0 Å². The van der Waals surface area contributed by atoms with Crippen LogP contribution in [0.1, 0.15) is 34.3 Å². The van der Waals surface area contributed by atoms with Crippen molar-refractivity contribution in [2.45, 2.75) is 25.9 Å². The van der Waals surface area contributed by atoms with Crippen LogP contribution < -0.4 is 5.32 Å². The largest absolute Gasteiger partial charge is 0.348 e. The minimum absolute atomic E-state index is 0.149. The molecule has 0 atom stereocenters. The number of nitrogens with zero attached hydrogens (tertiary/aromatic N) is 1. The average Bonchev–Trinajstić information content (AvgIpc) is 3.09. The SMILES string of the molecule is O=C(NCc1ccccc1CN1CCCC1)c1ccc(Cl)c(Cl)c1. The highest BCUT2D eigenvalue weighted by Gasteiger charge is 2.14. The van der Waals surface area contributed by atoms with Gasteiger partial charge < -0.3 is 5.32 Å². The van der Waals surface area contributed by atoms with Gasteiger partial charge >= 0.3 is 0 Å². The molecule has 0 spiro atoms. The molecule has 0 unspecified atom stereocenters. The van der Waals surface area contributed by atoms with Crippen LogP contribution in [0.5, 0.6) is 0 Å². The van der Waals surface area contributed by atoms with E-state index in [1.54, 1.807) is 18.2 Å². The van der Waals surface area contributed by atoms with E-state index in [-0.39, 0.29) is 5.91 Å². The Morgan fingerprint density at radius 3 is 2.42 bits per heavy atom. The molecular weight excluding hydrogens is 343 g/mol. The zero-order valence-corrected chi connectivity index (χ0v) is 14.9. The van der Waals surface area contributed by atoms with E-state index in [1.165, 1.54) is 18.4 Å². The van der Waals surface area contributed by atoms with Crippen LogP contribution in [0.2, 0.25) is 10.0 Å². The predicted molar refractivity (Wildman–Crippen MR) is 98.6 cm³/mol. The lowest BCUT2D eigenvalue weighted by molar-refractivity contribution is 0.0951. The van der Waals surface area contributed by atoms with Gasteiger partial charge in [0.25, 0.3) is 5.91 Å². The van der Waals surface area contributed by atoms with Crippen molar-refractivity contribution in [3.63, 3.8) is 0 Å². The fourth-order valence-electron chi connectivity index (χ4n) is 2.98. The third-order valence-corrected chi connectivity index (χ3v) is 5.07. The second-order valence-corrected chi connectivity index (χ2v) is 6.88. The minimum atomic E-state index is -0.149. The Morgan fingerprint density at radius 1 is 1.00 bits per heavy atom. The number of benzene rings is 2. The van der Waals surface area contributed by atoms with Crippen molar-refractivity contribution in [1.29, 1.82) is 0 Å². The lowest BCUT2D eigenvalue weighted by Crippen LogP contribution is -2.25. The van der Waals surface area contributed by atoms with Gasteiger partial charge in [-0.3, -0.25) is 9.69 Å². The van der Waals surface area contributed by atoms with E-state index in [0.717, 1.165) is 25.2 Å². The first kappa shape index (κ1) is 17.3. The highest BCUT2D eigenvalue weighted by atomic mass is 35.5. The summed E-state index contributed by atoms with van der Waals surface area (Å²) in [5.41, 5.74) is 2.94. The first-order valence-electron chi connectivity index (χ1n) is 8.16. The third-order valence-electron chi connectivity index (χ3n) is 4.33. The summed E-state index contributed by atoms with van der Waals surface area (Å²) < 4.78 is 0. The third kappa shape index (κ3) is 4.29.